The van der Waals surface area contributed by atoms with Crippen LogP contribution in [0.15, 0.2) is 59.2 Å². The van der Waals surface area contributed by atoms with Gasteiger partial charge in [0, 0.05) is 16.6 Å². The zero-order chi connectivity index (χ0) is 24.1. The molecule has 0 unspecified atom stereocenters. The lowest BCUT2D eigenvalue weighted by Crippen LogP contribution is -2.46. The number of nitrogens with zero attached hydrogens (tertiary/aromatic N) is 2. The number of carbonyl (C=O) groups excluding carboxylic acids is 2. The van der Waals surface area contributed by atoms with Crippen LogP contribution >= 0.6 is 11.6 Å². The van der Waals surface area contributed by atoms with E-state index in [-0.39, 0.29) is 11.6 Å². The smallest absolute Gasteiger partial charge is 0.271 e. The maximum Gasteiger partial charge on any atom is 0.271 e. The molecule has 0 atom stereocenters. The Morgan fingerprint density at radius 2 is 1.76 bits per heavy atom. The molecule has 2 aromatic rings. The van der Waals surface area contributed by atoms with Gasteiger partial charge in [0.05, 0.1) is 6.61 Å². The number of benzene rings is 2. The molecule has 0 aromatic heterocycles. The van der Waals surface area contributed by atoms with Gasteiger partial charge in [0.2, 0.25) is 0 Å². The van der Waals surface area contributed by atoms with E-state index in [9.17, 15) is 14.9 Å². The molecule has 0 radical (unpaired) electrons. The van der Waals surface area contributed by atoms with E-state index in [1.54, 1.807) is 57.2 Å². The van der Waals surface area contributed by atoms with E-state index < -0.39 is 11.8 Å². The van der Waals surface area contributed by atoms with Gasteiger partial charge in [0.15, 0.2) is 11.5 Å². The third-order valence-corrected chi connectivity index (χ3v) is 5.43. The fourth-order valence-electron chi connectivity index (χ4n) is 3.48. The predicted octanol–water partition coefficient (Wildman–Crippen LogP) is 5.32. The zero-order valence-corrected chi connectivity index (χ0v) is 19.8. The van der Waals surface area contributed by atoms with Crippen LogP contribution < -0.4 is 9.47 Å². The fourth-order valence-corrected chi connectivity index (χ4v) is 3.60. The van der Waals surface area contributed by atoms with Crippen molar-refractivity contribution in [1.29, 1.82) is 5.26 Å². The van der Waals surface area contributed by atoms with Gasteiger partial charge in [-0.05, 0) is 74.7 Å². The van der Waals surface area contributed by atoms with Crippen LogP contribution in [0.4, 0.5) is 0 Å². The summed E-state index contributed by atoms with van der Waals surface area (Å²) in [6, 6.07) is 14.3. The van der Waals surface area contributed by atoms with E-state index >= 15 is 0 Å². The molecule has 0 N–H and O–H groups in total. The number of rotatable bonds is 7. The first-order chi connectivity index (χ1) is 15.8. The number of hydrogen-bond donors (Lipinski definition) is 0. The number of imide groups is 1. The van der Waals surface area contributed by atoms with Crippen molar-refractivity contribution in [2.75, 3.05) is 6.61 Å². The Morgan fingerprint density at radius 1 is 1.06 bits per heavy atom. The Bertz CT molecular complexity index is 1170. The number of hydrogen-bond acceptors (Lipinski definition) is 5. The van der Waals surface area contributed by atoms with Crippen LogP contribution in [0, 0.1) is 11.3 Å². The van der Waals surface area contributed by atoms with Crippen LogP contribution in [0.1, 0.15) is 38.8 Å². The molecule has 0 saturated carbocycles. The van der Waals surface area contributed by atoms with Gasteiger partial charge in [-0.1, -0.05) is 29.8 Å². The summed E-state index contributed by atoms with van der Waals surface area (Å²) in [7, 11) is 0. The van der Waals surface area contributed by atoms with Crippen LogP contribution in [0.3, 0.4) is 0 Å². The van der Waals surface area contributed by atoms with Gasteiger partial charge in [-0.3, -0.25) is 14.5 Å². The van der Waals surface area contributed by atoms with Crippen LogP contribution in [-0.4, -0.2) is 29.4 Å². The molecule has 0 spiro atoms. The van der Waals surface area contributed by atoms with Crippen LogP contribution in [0.5, 0.6) is 11.5 Å². The lowest BCUT2D eigenvalue weighted by atomic mass is 9.93. The second-order valence-electron chi connectivity index (χ2n) is 7.80. The minimum absolute atomic E-state index is 0.0255. The highest BCUT2D eigenvalue weighted by molar-refractivity contribution is 6.30. The largest absolute Gasteiger partial charge is 0.490 e. The van der Waals surface area contributed by atoms with Crippen molar-refractivity contribution in [2.24, 2.45) is 0 Å². The van der Waals surface area contributed by atoms with Gasteiger partial charge in [-0.2, -0.15) is 5.26 Å². The Kier molecular flexibility index (Phi) is 7.57. The molecule has 2 amide bonds. The number of carbonyl (C=O) groups is 2. The molecular formula is C26H25ClN2O4. The molecule has 170 valence electrons. The molecule has 3 rings (SSSR count). The molecule has 1 heterocycles. The summed E-state index contributed by atoms with van der Waals surface area (Å²) in [6.07, 6.45) is 1.67. The van der Waals surface area contributed by atoms with E-state index in [1.807, 2.05) is 25.1 Å². The highest BCUT2D eigenvalue weighted by Gasteiger charge is 2.36. The molecule has 0 saturated heterocycles. The summed E-state index contributed by atoms with van der Waals surface area (Å²) in [6.45, 7) is 7.74. The molecular weight excluding hydrogens is 440 g/mol. The highest BCUT2D eigenvalue weighted by Crippen LogP contribution is 2.33. The minimum atomic E-state index is -0.562. The molecule has 33 heavy (non-hydrogen) atoms. The summed E-state index contributed by atoms with van der Waals surface area (Å²) in [5.41, 5.74) is 2.30. The van der Waals surface area contributed by atoms with Gasteiger partial charge in [0.25, 0.3) is 11.8 Å². The number of nitriles is 1. The Morgan fingerprint density at radius 3 is 2.36 bits per heavy atom. The van der Waals surface area contributed by atoms with E-state index in [4.69, 9.17) is 21.1 Å². The third-order valence-electron chi connectivity index (χ3n) is 5.18. The second-order valence-corrected chi connectivity index (χ2v) is 8.23. The highest BCUT2D eigenvalue weighted by atomic mass is 35.5. The van der Waals surface area contributed by atoms with Gasteiger partial charge in [-0.25, -0.2) is 0 Å². The Labute approximate surface area is 198 Å². The molecule has 7 heteroatoms. The average molecular weight is 465 g/mol. The molecule has 1 aliphatic rings. The molecule has 0 bridgehead atoms. The summed E-state index contributed by atoms with van der Waals surface area (Å²) in [5.74, 6) is 0.108. The Balaban J connectivity index is 1.95. The monoisotopic (exact) mass is 464 g/mol. The summed E-state index contributed by atoms with van der Waals surface area (Å²) < 4.78 is 11.7. The maximum absolute atomic E-state index is 13.0. The molecule has 0 aliphatic carbocycles. The zero-order valence-electron chi connectivity index (χ0n) is 19.0. The van der Waals surface area contributed by atoms with Crippen LogP contribution in [-0.2, 0) is 16.2 Å². The second kappa shape index (κ2) is 10.4. The van der Waals surface area contributed by atoms with Gasteiger partial charge < -0.3 is 9.47 Å². The van der Waals surface area contributed by atoms with Crippen molar-refractivity contribution >= 4 is 29.5 Å². The summed E-state index contributed by atoms with van der Waals surface area (Å²) in [4.78, 5) is 26.7. The van der Waals surface area contributed by atoms with E-state index in [0.717, 1.165) is 10.5 Å². The van der Waals surface area contributed by atoms with Crippen molar-refractivity contribution in [2.45, 2.75) is 40.3 Å². The number of amides is 2. The van der Waals surface area contributed by atoms with Gasteiger partial charge in [-0.15, -0.1) is 0 Å². The molecule has 1 aliphatic heterocycles. The third kappa shape index (κ3) is 5.27. The van der Waals surface area contributed by atoms with Crippen molar-refractivity contribution in [1.82, 2.24) is 4.90 Å². The van der Waals surface area contributed by atoms with Crippen molar-refractivity contribution in [3.63, 3.8) is 0 Å². The SMILES string of the molecule is CCOc1cc(/C=C2/C(=O)N(C(C)C)C(=O)C(C#N)=C2C)ccc1OCc1ccc(Cl)cc1. The first-order valence-corrected chi connectivity index (χ1v) is 11.0. The molecule has 6 nitrogen and oxygen atoms in total. The summed E-state index contributed by atoms with van der Waals surface area (Å²) in [5, 5.41) is 10.1. The van der Waals surface area contributed by atoms with Gasteiger partial charge in [0.1, 0.15) is 18.2 Å². The summed E-state index contributed by atoms with van der Waals surface area (Å²) >= 11 is 5.93. The predicted molar refractivity (Wildman–Crippen MR) is 127 cm³/mol. The average Bonchev–Trinajstić information content (AvgIpc) is 2.77. The Hall–Kier alpha value is -3.56. The molecule has 0 fully saturated rings. The quantitative estimate of drug-likeness (QED) is 0.409. The molecule has 2 aromatic carbocycles. The topological polar surface area (TPSA) is 79.6 Å². The first-order valence-electron chi connectivity index (χ1n) is 10.6. The number of ether oxygens (including phenoxy) is 2. The van der Waals surface area contributed by atoms with Crippen molar-refractivity contribution in [3.05, 3.63) is 75.3 Å². The first kappa shape index (κ1) is 24.1. The van der Waals surface area contributed by atoms with E-state index in [1.165, 1.54) is 0 Å². The van der Waals surface area contributed by atoms with Crippen LogP contribution in [0.25, 0.3) is 6.08 Å². The van der Waals surface area contributed by atoms with Crippen molar-refractivity contribution in [3.8, 4) is 17.6 Å². The van der Waals surface area contributed by atoms with E-state index in [0.29, 0.717) is 46.4 Å². The standard InChI is InChI=1S/C26H25ClN2O4/c1-5-32-24-13-19(8-11-23(24)33-15-18-6-9-20(27)10-7-18)12-21-17(4)22(14-28)26(31)29(16(2)3)25(21)30/h6-13,16H,5,15H2,1-4H3/b21-12+. The fraction of sp³-hybridized carbons (Fsp3) is 0.269. The van der Waals surface area contributed by atoms with Crippen LogP contribution in [0.2, 0.25) is 5.02 Å². The number of halogens is 1. The van der Waals surface area contributed by atoms with Gasteiger partial charge >= 0.3 is 0 Å². The normalized spacial score (nSPS) is 15.3. The minimum Gasteiger partial charge on any atom is -0.490 e. The van der Waals surface area contributed by atoms with Crippen molar-refractivity contribution < 1.29 is 19.1 Å². The lowest BCUT2D eigenvalue weighted by Gasteiger charge is -2.30. The lowest BCUT2D eigenvalue weighted by molar-refractivity contribution is -0.142. The van der Waals surface area contributed by atoms with E-state index in [2.05, 4.69) is 0 Å². The maximum atomic E-state index is 13.0.